The number of carbonyl (C=O) groups excluding carboxylic acids is 2. The largest absolute Gasteiger partial charge is 0.325 e. The molecule has 0 unspecified atom stereocenters. The minimum absolute atomic E-state index is 0.0438. The molecule has 32 heavy (non-hydrogen) atoms. The molecule has 1 aromatic carbocycles. The third-order valence-electron chi connectivity index (χ3n) is 6.14. The summed E-state index contributed by atoms with van der Waals surface area (Å²) in [5.41, 5.74) is 3.76. The van der Waals surface area contributed by atoms with Crippen molar-refractivity contribution in [3.05, 3.63) is 59.0 Å². The van der Waals surface area contributed by atoms with Gasteiger partial charge in [-0.15, -0.1) is 11.3 Å². The second-order valence-electron chi connectivity index (χ2n) is 8.43. The van der Waals surface area contributed by atoms with Crippen molar-refractivity contribution in [2.24, 2.45) is 0 Å². The third-order valence-corrected chi connectivity index (χ3v) is 7.33. The number of hydrogen-bond donors (Lipinski definition) is 2. The van der Waals surface area contributed by atoms with Crippen LogP contribution in [0.4, 0.5) is 5.69 Å². The second kappa shape index (κ2) is 8.84. The molecule has 0 radical (unpaired) electrons. The quantitative estimate of drug-likeness (QED) is 0.512. The molecule has 2 aliphatic rings. The Bertz CT molecular complexity index is 1240. The fraction of sp³-hybridized carbons (Fsp3) is 0.320. The molecule has 1 aliphatic heterocycles. The molecular weight excluding hydrogens is 420 g/mol. The number of allylic oxidation sites excluding steroid dienone is 2. The van der Waals surface area contributed by atoms with E-state index in [0.29, 0.717) is 4.88 Å². The van der Waals surface area contributed by atoms with Gasteiger partial charge in [0.15, 0.2) is 5.78 Å². The van der Waals surface area contributed by atoms with Gasteiger partial charge in [-0.3, -0.25) is 19.6 Å². The number of ketones is 1. The minimum Gasteiger partial charge on any atom is -0.325 e. The van der Waals surface area contributed by atoms with E-state index < -0.39 is 0 Å². The minimum atomic E-state index is -0.110. The Labute approximate surface area is 191 Å². The molecule has 5 rings (SSSR count). The summed E-state index contributed by atoms with van der Waals surface area (Å²) < 4.78 is 0. The van der Waals surface area contributed by atoms with Crippen LogP contribution in [-0.2, 0) is 4.79 Å². The van der Waals surface area contributed by atoms with Crippen LogP contribution >= 0.6 is 11.3 Å². The number of amides is 1. The van der Waals surface area contributed by atoms with Gasteiger partial charge in [-0.05, 0) is 75.1 Å². The molecule has 164 valence electrons. The lowest BCUT2D eigenvalue weighted by Gasteiger charge is -2.24. The predicted octanol–water partition coefficient (Wildman–Crippen LogP) is 5.17. The van der Waals surface area contributed by atoms with Gasteiger partial charge in [0.05, 0.1) is 21.3 Å². The number of aromatic nitrogens is 2. The van der Waals surface area contributed by atoms with E-state index in [0.717, 1.165) is 65.9 Å². The SMILES string of the molecule is CC(=O)c1ccc(-c2n[nH]c3ccc(NC(=O)[C@@H]4CCCN4CC4=CCCC=C4)cc23)s1. The average Bonchev–Trinajstić information content (AvgIpc) is 3.53. The first-order valence-corrected chi connectivity index (χ1v) is 11.9. The molecule has 1 fully saturated rings. The van der Waals surface area contributed by atoms with Crippen LogP contribution in [0, 0.1) is 0 Å². The van der Waals surface area contributed by atoms with Crippen LogP contribution in [0.3, 0.4) is 0 Å². The highest BCUT2D eigenvalue weighted by Gasteiger charge is 2.31. The number of nitrogens with one attached hydrogen (secondary N) is 2. The molecule has 1 saturated heterocycles. The zero-order chi connectivity index (χ0) is 22.1. The number of carbonyl (C=O) groups is 2. The Morgan fingerprint density at radius 1 is 1.25 bits per heavy atom. The highest BCUT2D eigenvalue weighted by molar-refractivity contribution is 7.17. The molecule has 3 heterocycles. The van der Waals surface area contributed by atoms with Gasteiger partial charge in [0.1, 0.15) is 5.69 Å². The van der Waals surface area contributed by atoms with Gasteiger partial charge in [-0.25, -0.2) is 0 Å². The molecule has 6 nitrogen and oxygen atoms in total. The lowest BCUT2D eigenvalue weighted by atomic mass is 10.1. The molecule has 1 amide bonds. The molecular formula is C25H26N4O2S. The maximum Gasteiger partial charge on any atom is 0.241 e. The third kappa shape index (κ3) is 4.18. The summed E-state index contributed by atoms with van der Waals surface area (Å²) in [5.74, 6) is 0.0944. The highest BCUT2D eigenvalue weighted by Crippen LogP contribution is 2.33. The maximum atomic E-state index is 13.1. The zero-order valence-corrected chi connectivity index (χ0v) is 18.9. The van der Waals surface area contributed by atoms with Gasteiger partial charge < -0.3 is 5.32 Å². The van der Waals surface area contributed by atoms with Crippen molar-refractivity contribution < 1.29 is 9.59 Å². The van der Waals surface area contributed by atoms with E-state index in [1.54, 1.807) is 6.92 Å². The number of Topliss-reactive ketones (excluding diaryl/α,β-unsaturated/α-hetero) is 1. The molecule has 1 aliphatic carbocycles. The van der Waals surface area contributed by atoms with Crippen molar-refractivity contribution in [2.75, 3.05) is 18.4 Å². The Morgan fingerprint density at radius 2 is 2.16 bits per heavy atom. The molecule has 1 atom stereocenters. The van der Waals surface area contributed by atoms with Gasteiger partial charge >= 0.3 is 0 Å². The summed E-state index contributed by atoms with van der Waals surface area (Å²) in [4.78, 5) is 28.7. The number of aromatic amines is 1. The predicted molar refractivity (Wildman–Crippen MR) is 129 cm³/mol. The van der Waals surface area contributed by atoms with Crippen molar-refractivity contribution in [2.45, 2.75) is 38.6 Å². The van der Waals surface area contributed by atoms with Gasteiger partial charge in [0.25, 0.3) is 0 Å². The average molecular weight is 447 g/mol. The van der Waals surface area contributed by atoms with E-state index in [1.165, 1.54) is 16.9 Å². The van der Waals surface area contributed by atoms with Crippen molar-refractivity contribution in [1.82, 2.24) is 15.1 Å². The fourth-order valence-electron chi connectivity index (χ4n) is 4.49. The van der Waals surface area contributed by atoms with Gasteiger partial charge in [-0.1, -0.05) is 18.2 Å². The van der Waals surface area contributed by atoms with Gasteiger partial charge in [-0.2, -0.15) is 5.10 Å². The molecule has 0 saturated carbocycles. The Balaban J connectivity index is 1.34. The lowest BCUT2D eigenvalue weighted by molar-refractivity contribution is -0.120. The van der Waals surface area contributed by atoms with Crippen molar-refractivity contribution in [3.8, 4) is 10.6 Å². The number of likely N-dealkylation sites (tertiary alicyclic amines) is 1. The molecule has 2 N–H and O–H groups in total. The van der Waals surface area contributed by atoms with Gasteiger partial charge in [0.2, 0.25) is 5.91 Å². The van der Waals surface area contributed by atoms with Crippen molar-refractivity contribution in [3.63, 3.8) is 0 Å². The van der Waals surface area contributed by atoms with Gasteiger partial charge in [0, 0.05) is 17.6 Å². The van der Waals surface area contributed by atoms with Crippen LogP contribution in [0.2, 0.25) is 0 Å². The Hall–Kier alpha value is -3.03. The Morgan fingerprint density at radius 3 is 2.94 bits per heavy atom. The van der Waals surface area contributed by atoms with E-state index in [9.17, 15) is 9.59 Å². The number of rotatable bonds is 6. The Kier molecular flexibility index (Phi) is 5.76. The first kappa shape index (κ1) is 20.8. The normalized spacial score (nSPS) is 18.8. The van der Waals surface area contributed by atoms with Crippen LogP contribution < -0.4 is 5.32 Å². The smallest absolute Gasteiger partial charge is 0.241 e. The number of hydrogen-bond acceptors (Lipinski definition) is 5. The number of anilines is 1. The van der Waals surface area contributed by atoms with E-state index in [-0.39, 0.29) is 17.7 Å². The van der Waals surface area contributed by atoms with E-state index >= 15 is 0 Å². The van der Waals surface area contributed by atoms with E-state index in [4.69, 9.17) is 0 Å². The maximum absolute atomic E-state index is 13.1. The summed E-state index contributed by atoms with van der Waals surface area (Å²) in [5, 5.41) is 11.6. The summed E-state index contributed by atoms with van der Waals surface area (Å²) in [6.45, 7) is 3.35. The van der Waals surface area contributed by atoms with Crippen molar-refractivity contribution >= 4 is 39.6 Å². The monoisotopic (exact) mass is 446 g/mol. The molecule has 3 aromatic rings. The number of H-pyrrole nitrogens is 1. The van der Waals surface area contributed by atoms with Crippen molar-refractivity contribution in [1.29, 1.82) is 0 Å². The lowest BCUT2D eigenvalue weighted by Crippen LogP contribution is -2.40. The molecule has 0 spiro atoms. The second-order valence-corrected chi connectivity index (χ2v) is 9.51. The molecule has 2 aromatic heterocycles. The van der Waals surface area contributed by atoms with E-state index in [1.807, 2.05) is 30.3 Å². The zero-order valence-electron chi connectivity index (χ0n) is 18.1. The van der Waals surface area contributed by atoms with Crippen LogP contribution in [0.5, 0.6) is 0 Å². The summed E-state index contributed by atoms with van der Waals surface area (Å²) >= 11 is 1.43. The molecule has 0 bridgehead atoms. The van der Waals surface area contributed by atoms with Crippen LogP contribution in [0.15, 0.2) is 54.1 Å². The number of fused-ring (bicyclic) bond motifs is 1. The van der Waals surface area contributed by atoms with Crippen LogP contribution in [-0.4, -0.2) is 45.9 Å². The highest BCUT2D eigenvalue weighted by atomic mass is 32.1. The first-order chi connectivity index (χ1) is 15.6. The number of benzene rings is 1. The van der Waals surface area contributed by atoms with Crippen LogP contribution in [0.25, 0.3) is 21.5 Å². The summed E-state index contributed by atoms with van der Waals surface area (Å²) in [6, 6.07) is 9.45. The number of nitrogens with zero attached hydrogens (tertiary/aromatic N) is 2. The molecule has 7 heteroatoms. The van der Waals surface area contributed by atoms with Crippen LogP contribution in [0.1, 0.15) is 42.3 Å². The topological polar surface area (TPSA) is 78.1 Å². The first-order valence-electron chi connectivity index (χ1n) is 11.1. The van der Waals surface area contributed by atoms with E-state index in [2.05, 4.69) is 38.6 Å². The standard InChI is InChI=1S/C25H26N4O2S/c1-16(30)22-11-12-23(32-22)24-19-14-18(9-10-20(19)27-28-24)26-25(31)21-8-5-13-29(21)15-17-6-3-2-4-7-17/h3,6-7,9-12,14,21H,2,4-5,8,13,15H2,1H3,(H,26,31)(H,27,28)/t21-/m0/s1. The fourth-order valence-corrected chi connectivity index (χ4v) is 5.40. The summed E-state index contributed by atoms with van der Waals surface area (Å²) in [6.07, 6.45) is 10.8. The summed E-state index contributed by atoms with van der Waals surface area (Å²) in [7, 11) is 0. The number of thiophene rings is 1.